The fourth-order valence-electron chi connectivity index (χ4n) is 1.51. The second-order valence-electron chi connectivity index (χ2n) is 4.13. The van der Waals surface area contributed by atoms with Crippen LogP contribution < -0.4 is 5.32 Å². The van der Waals surface area contributed by atoms with Crippen molar-refractivity contribution in [2.24, 2.45) is 0 Å². The van der Waals surface area contributed by atoms with Crippen molar-refractivity contribution in [2.75, 3.05) is 5.32 Å². The van der Waals surface area contributed by atoms with E-state index in [1.807, 2.05) is 0 Å². The number of carbonyl (C=O) groups excluding carboxylic acids is 2. The first-order chi connectivity index (χ1) is 9.56. The predicted octanol–water partition coefficient (Wildman–Crippen LogP) is 2.34. The summed E-state index contributed by atoms with van der Waals surface area (Å²) in [6.45, 7) is 1.46. The number of carbonyl (C=O) groups is 2. The molecule has 0 radical (unpaired) electrons. The number of halogens is 1. The second kappa shape index (κ2) is 6.01. The SMILES string of the molecule is C[C@H](OC(=O)c1ccc[nH]1)C(=O)Nc1ccc(F)cc1. The van der Waals surface area contributed by atoms with E-state index in [1.165, 1.54) is 31.2 Å². The summed E-state index contributed by atoms with van der Waals surface area (Å²) >= 11 is 0. The molecule has 1 atom stereocenters. The molecule has 0 aliphatic rings. The highest BCUT2D eigenvalue weighted by Crippen LogP contribution is 2.10. The fourth-order valence-corrected chi connectivity index (χ4v) is 1.51. The van der Waals surface area contributed by atoms with E-state index < -0.39 is 23.8 Å². The van der Waals surface area contributed by atoms with Crippen LogP contribution in [-0.2, 0) is 9.53 Å². The van der Waals surface area contributed by atoms with Crippen molar-refractivity contribution in [3.05, 3.63) is 54.1 Å². The fraction of sp³-hybridized carbons (Fsp3) is 0.143. The lowest BCUT2D eigenvalue weighted by molar-refractivity contribution is -0.123. The van der Waals surface area contributed by atoms with Gasteiger partial charge in [0.15, 0.2) is 6.10 Å². The maximum Gasteiger partial charge on any atom is 0.355 e. The van der Waals surface area contributed by atoms with Gasteiger partial charge in [-0.15, -0.1) is 0 Å². The molecule has 2 aromatic rings. The van der Waals surface area contributed by atoms with E-state index in [0.717, 1.165) is 0 Å². The van der Waals surface area contributed by atoms with Gasteiger partial charge in [0.25, 0.3) is 5.91 Å². The Morgan fingerprint density at radius 2 is 1.95 bits per heavy atom. The summed E-state index contributed by atoms with van der Waals surface area (Å²) in [6, 6.07) is 8.50. The zero-order valence-electron chi connectivity index (χ0n) is 10.7. The quantitative estimate of drug-likeness (QED) is 0.842. The maximum atomic E-state index is 12.7. The summed E-state index contributed by atoms with van der Waals surface area (Å²) < 4.78 is 17.7. The molecule has 104 valence electrons. The smallest absolute Gasteiger partial charge is 0.355 e. The normalized spacial score (nSPS) is 11.7. The van der Waals surface area contributed by atoms with Crippen molar-refractivity contribution < 1.29 is 18.7 Å². The van der Waals surface area contributed by atoms with Gasteiger partial charge in [-0.3, -0.25) is 4.79 Å². The zero-order valence-corrected chi connectivity index (χ0v) is 10.7. The van der Waals surface area contributed by atoms with Crippen LogP contribution in [0.3, 0.4) is 0 Å². The molecule has 2 rings (SSSR count). The molecule has 0 aliphatic carbocycles. The van der Waals surface area contributed by atoms with E-state index in [4.69, 9.17) is 4.74 Å². The minimum atomic E-state index is -0.962. The Hall–Kier alpha value is -2.63. The molecule has 6 heteroatoms. The van der Waals surface area contributed by atoms with Gasteiger partial charge >= 0.3 is 5.97 Å². The highest BCUT2D eigenvalue weighted by atomic mass is 19.1. The number of anilines is 1. The number of benzene rings is 1. The van der Waals surface area contributed by atoms with Gasteiger partial charge in [0, 0.05) is 11.9 Å². The average Bonchev–Trinajstić information content (AvgIpc) is 2.95. The third kappa shape index (κ3) is 3.44. The van der Waals surface area contributed by atoms with Crippen LogP contribution in [-0.4, -0.2) is 23.0 Å². The van der Waals surface area contributed by atoms with Crippen molar-refractivity contribution in [3.63, 3.8) is 0 Å². The summed E-state index contributed by atoms with van der Waals surface area (Å²) in [4.78, 5) is 26.1. The first-order valence-electron chi connectivity index (χ1n) is 5.97. The molecule has 2 N–H and O–H groups in total. The number of nitrogens with one attached hydrogen (secondary N) is 2. The minimum Gasteiger partial charge on any atom is -0.448 e. The maximum absolute atomic E-state index is 12.7. The van der Waals surface area contributed by atoms with Crippen LogP contribution in [0.5, 0.6) is 0 Å². The highest BCUT2D eigenvalue weighted by Gasteiger charge is 2.19. The molecular formula is C14H13FN2O3. The van der Waals surface area contributed by atoms with Crippen LogP contribution in [0.15, 0.2) is 42.6 Å². The van der Waals surface area contributed by atoms with Gasteiger partial charge in [0.05, 0.1) is 0 Å². The largest absolute Gasteiger partial charge is 0.448 e. The van der Waals surface area contributed by atoms with Crippen molar-refractivity contribution >= 4 is 17.6 Å². The average molecular weight is 276 g/mol. The summed E-state index contributed by atoms with van der Waals surface area (Å²) in [7, 11) is 0. The lowest BCUT2D eigenvalue weighted by atomic mass is 10.3. The number of hydrogen-bond acceptors (Lipinski definition) is 3. The van der Waals surface area contributed by atoms with E-state index in [1.54, 1.807) is 18.3 Å². The van der Waals surface area contributed by atoms with Crippen LogP contribution in [0, 0.1) is 5.82 Å². The number of esters is 1. The third-order valence-electron chi connectivity index (χ3n) is 2.58. The number of amides is 1. The van der Waals surface area contributed by atoms with E-state index in [9.17, 15) is 14.0 Å². The molecule has 5 nitrogen and oxygen atoms in total. The lowest BCUT2D eigenvalue weighted by Crippen LogP contribution is -2.30. The Kier molecular flexibility index (Phi) is 4.14. The third-order valence-corrected chi connectivity index (χ3v) is 2.58. The Morgan fingerprint density at radius 3 is 2.55 bits per heavy atom. The molecule has 0 saturated carbocycles. The molecule has 0 unspecified atom stereocenters. The van der Waals surface area contributed by atoms with E-state index in [2.05, 4.69) is 10.3 Å². The Balaban J connectivity index is 1.92. The zero-order chi connectivity index (χ0) is 14.5. The highest BCUT2D eigenvalue weighted by molar-refractivity contribution is 5.96. The van der Waals surface area contributed by atoms with E-state index >= 15 is 0 Å². The predicted molar refractivity (Wildman–Crippen MR) is 70.7 cm³/mol. The molecule has 1 heterocycles. The van der Waals surface area contributed by atoms with Gasteiger partial charge in [-0.05, 0) is 43.3 Å². The first kappa shape index (κ1) is 13.8. The molecule has 20 heavy (non-hydrogen) atoms. The van der Waals surface area contributed by atoms with Crippen LogP contribution in [0.1, 0.15) is 17.4 Å². The molecule has 0 fully saturated rings. The molecule has 1 amide bonds. The van der Waals surface area contributed by atoms with Crippen LogP contribution in [0.2, 0.25) is 0 Å². The standard InChI is InChI=1S/C14H13FN2O3/c1-9(20-14(19)12-3-2-8-16-12)13(18)17-11-6-4-10(15)5-7-11/h2-9,16H,1H3,(H,17,18)/t9-/m0/s1. The van der Waals surface area contributed by atoms with Crippen LogP contribution in [0.25, 0.3) is 0 Å². The van der Waals surface area contributed by atoms with Crippen molar-refractivity contribution in [2.45, 2.75) is 13.0 Å². The van der Waals surface area contributed by atoms with Crippen molar-refractivity contribution in [3.8, 4) is 0 Å². The van der Waals surface area contributed by atoms with Gasteiger partial charge in [-0.1, -0.05) is 0 Å². The molecule has 0 saturated heterocycles. The second-order valence-corrected chi connectivity index (χ2v) is 4.13. The van der Waals surface area contributed by atoms with Crippen LogP contribution >= 0.6 is 0 Å². The molecule has 0 spiro atoms. The van der Waals surface area contributed by atoms with Gasteiger partial charge in [-0.2, -0.15) is 0 Å². The molecule has 0 aliphatic heterocycles. The van der Waals surface area contributed by atoms with Gasteiger partial charge < -0.3 is 15.0 Å². The molecule has 1 aromatic carbocycles. The monoisotopic (exact) mass is 276 g/mol. The number of hydrogen-bond donors (Lipinski definition) is 2. The van der Waals surface area contributed by atoms with Crippen LogP contribution in [0.4, 0.5) is 10.1 Å². The van der Waals surface area contributed by atoms with E-state index in [-0.39, 0.29) is 5.69 Å². The van der Waals surface area contributed by atoms with Crippen molar-refractivity contribution in [1.29, 1.82) is 0 Å². The number of aromatic amines is 1. The summed E-state index contributed by atoms with van der Waals surface area (Å²) in [5.41, 5.74) is 0.700. The Labute approximate surface area is 114 Å². The summed E-state index contributed by atoms with van der Waals surface area (Å²) in [5.74, 6) is -1.50. The molecule has 1 aromatic heterocycles. The van der Waals surface area contributed by atoms with Gasteiger partial charge in [-0.25, -0.2) is 9.18 Å². The van der Waals surface area contributed by atoms with Gasteiger partial charge in [0.1, 0.15) is 11.5 Å². The Morgan fingerprint density at radius 1 is 1.25 bits per heavy atom. The number of rotatable bonds is 4. The molecule has 0 bridgehead atoms. The van der Waals surface area contributed by atoms with E-state index in [0.29, 0.717) is 5.69 Å². The number of ether oxygens (including phenoxy) is 1. The number of aromatic nitrogens is 1. The Bertz CT molecular complexity index is 593. The van der Waals surface area contributed by atoms with Crippen molar-refractivity contribution in [1.82, 2.24) is 4.98 Å². The molecular weight excluding hydrogens is 263 g/mol. The first-order valence-corrected chi connectivity index (χ1v) is 5.97. The summed E-state index contributed by atoms with van der Waals surface area (Å²) in [5, 5.41) is 2.53. The van der Waals surface area contributed by atoms with Gasteiger partial charge in [0.2, 0.25) is 0 Å². The topological polar surface area (TPSA) is 71.2 Å². The minimum absolute atomic E-state index is 0.270. The lowest BCUT2D eigenvalue weighted by Gasteiger charge is -2.13. The summed E-state index contributed by atoms with van der Waals surface area (Å²) in [6.07, 6.45) is 0.621. The number of H-pyrrole nitrogens is 1.